The Hall–Kier alpha value is -2.71. The summed E-state index contributed by atoms with van der Waals surface area (Å²) in [4.78, 5) is 4.16. The molecule has 0 N–H and O–H groups in total. The standard InChI is InChI=1S/C15H10F5N3O/c1-23-13-10(7-21-23)11(15(18,19)20)6-12(22-13)8-3-2-4-9(5-8)24-14(16)17/h2-7,14H,1H3. The van der Waals surface area contributed by atoms with Crippen molar-refractivity contribution in [1.82, 2.24) is 14.8 Å². The summed E-state index contributed by atoms with van der Waals surface area (Å²) in [6.07, 6.45) is -3.51. The van der Waals surface area contributed by atoms with Gasteiger partial charge in [-0.25, -0.2) is 4.98 Å². The van der Waals surface area contributed by atoms with Crippen molar-refractivity contribution >= 4 is 11.0 Å². The minimum absolute atomic E-state index is 0.0156. The van der Waals surface area contributed by atoms with Gasteiger partial charge in [0.2, 0.25) is 0 Å². The average Bonchev–Trinajstić information content (AvgIpc) is 2.86. The SMILES string of the molecule is Cn1ncc2c(C(F)(F)F)cc(-c3cccc(OC(F)F)c3)nc21. The van der Waals surface area contributed by atoms with E-state index in [0.717, 1.165) is 12.3 Å². The zero-order chi connectivity index (χ0) is 17.5. The monoisotopic (exact) mass is 343 g/mol. The second kappa shape index (κ2) is 5.73. The Balaban J connectivity index is 2.18. The highest BCUT2D eigenvalue weighted by molar-refractivity contribution is 5.83. The number of hydrogen-bond acceptors (Lipinski definition) is 3. The lowest BCUT2D eigenvalue weighted by Crippen LogP contribution is -2.07. The van der Waals surface area contributed by atoms with E-state index in [1.54, 1.807) is 0 Å². The largest absolute Gasteiger partial charge is 0.435 e. The van der Waals surface area contributed by atoms with Crippen molar-refractivity contribution in [2.75, 3.05) is 0 Å². The van der Waals surface area contributed by atoms with Crippen LogP contribution in [-0.4, -0.2) is 21.4 Å². The quantitative estimate of drug-likeness (QED) is 0.667. The zero-order valence-electron chi connectivity index (χ0n) is 12.2. The van der Waals surface area contributed by atoms with Gasteiger partial charge in [-0.05, 0) is 18.2 Å². The predicted octanol–water partition coefficient (Wildman–Crippen LogP) is 4.26. The number of aryl methyl sites for hydroxylation is 1. The lowest BCUT2D eigenvalue weighted by atomic mass is 10.1. The number of halogens is 5. The zero-order valence-corrected chi connectivity index (χ0v) is 12.2. The molecule has 3 aromatic rings. The van der Waals surface area contributed by atoms with E-state index in [1.807, 2.05) is 0 Å². The van der Waals surface area contributed by atoms with Crippen LogP contribution in [0.15, 0.2) is 36.5 Å². The molecule has 1 aromatic carbocycles. The molecular weight excluding hydrogens is 333 g/mol. The summed E-state index contributed by atoms with van der Waals surface area (Å²) >= 11 is 0. The molecule has 0 unspecified atom stereocenters. The normalized spacial score (nSPS) is 12.1. The fourth-order valence-corrected chi connectivity index (χ4v) is 2.33. The van der Waals surface area contributed by atoms with Crippen LogP contribution in [0.2, 0.25) is 0 Å². The molecule has 9 heteroatoms. The smallest absolute Gasteiger partial charge is 0.417 e. The summed E-state index contributed by atoms with van der Waals surface area (Å²) in [5.41, 5.74) is -0.643. The molecule has 0 saturated heterocycles. The molecule has 0 saturated carbocycles. The Labute approximate surface area is 132 Å². The van der Waals surface area contributed by atoms with E-state index >= 15 is 0 Å². The molecule has 3 rings (SSSR count). The third kappa shape index (κ3) is 3.01. The Kier molecular flexibility index (Phi) is 3.86. The van der Waals surface area contributed by atoms with Crippen molar-refractivity contribution in [3.8, 4) is 17.0 Å². The maximum absolute atomic E-state index is 13.3. The number of alkyl halides is 5. The molecule has 4 nitrogen and oxygen atoms in total. The molecule has 0 radical (unpaired) electrons. The maximum atomic E-state index is 13.3. The van der Waals surface area contributed by atoms with Gasteiger partial charge < -0.3 is 4.74 Å². The van der Waals surface area contributed by atoms with Gasteiger partial charge >= 0.3 is 12.8 Å². The molecule has 0 amide bonds. The van der Waals surface area contributed by atoms with Crippen molar-refractivity contribution in [2.45, 2.75) is 12.8 Å². The number of ether oxygens (including phenoxy) is 1. The Morgan fingerprint density at radius 2 is 1.92 bits per heavy atom. The van der Waals surface area contributed by atoms with Crippen LogP contribution in [0.25, 0.3) is 22.3 Å². The molecule has 0 fully saturated rings. The first-order valence-electron chi connectivity index (χ1n) is 6.71. The lowest BCUT2D eigenvalue weighted by Gasteiger charge is -2.11. The van der Waals surface area contributed by atoms with E-state index in [4.69, 9.17) is 0 Å². The first-order chi connectivity index (χ1) is 11.3. The van der Waals surface area contributed by atoms with Gasteiger partial charge in [-0.1, -0.05) is 12.1 Å². The Morgan fingerprint density at radius 1 is 1.17 bits per heavy atom. The first kappa shape index (κ1) is 16.2. The number of pyridine rings is 1. The van der Waals surface area contributed by atoms with E-state index in [9.17, 15) is 22.0 Å². The van der Waals surface area contributed by atoms with Gasteiger partial charge in [-0.3, -0.25) is 4.68 Å². The van der Waals surface area contributed by atoms with Gasteiger partial charge in [0.25, 0.3) is 0 Å². The number of fused-ring (bicyclic) bond motifs is 1. The van der Waals surface area contributed by atoms with Crippen molar-refractivity contribution in [3.05, 3.63) is 42.1 Å². The topological polar surface area (TPSA) is 39.9 Å². The van der Waals surface area contributed by atoms with Gasteiger partial charge in [-0.15, -0.1) is 0 Å². The number of benzene rings is 1. The number of nitrogens with zero attached hydrogens (tertiary/aromatic N) is 3. The Bertz CT molecular complexity index is 888. The minimum atomic E-state index is -4.60. The number of hydrogen-bond donors (Lipinski definition) is 0. The van der Waals surface area contributed by atoms with Crippen LogP contribution in [0.1, 0.15) is 5.56 Å². The average molecular weight is 343 g/mol. The summed E-state index contributed by atoms with van der Waals surface area (Å²) in [7, 11) is 1.47. The summed E-state index contributed by atoms with van der Waals surface area (Å²) in [5, 5.41) is 3.66. The summed E-state index contributed by atoms with van der Waals surface area (Å²) in [6.45, 7) is -3.03. The van der Waals surface area contributed by atoms with Crippen LogP contribution in [0.5, 0.6) is 5.75 Å². The third-order valence-corrected chi connectivity index (χ3v) is 3.37. The van der Waals surface area contributed by atoms with Crippen molar-refractivity contribution in [2.24, 2.45) is 7.05 Å². The van der Waals surface area contributed by atoms with E-state index < -0.39 is 18.4 Å². The highest BCUT2D eigenvalue weighted by Crippen LogP contribution is 2.37. The summed E-state index contributed by atoms with van der Waals surface area (Å²) < 4.78 is 69.9. The fourth-order valence-electron chi connectivity index (χ4n) is 2.33. The molecular formula is C15H10F5N3O. The molecule has 126 valence electrons. The van der Waals surface area contributed by atoms with E-state index in [-0.39, 0.29) is 28.0 Å². The highest BCUT2D eigenvalue weighted by Gasteiger charge is 2.34. The van der Waals surface area contributed by atoms with Crippen LogP contribution < -0.4 is 4.74 Å². The first-order valence-corrected chi connectivity index (χ1v) is 6.71. The molecule has 2 heterocycles. The minimum Gasteiger partial charge on any atom is -0.435 e. The molecule has 0 spiro atoms. The van der Waals surface area contributed by atoms with Gasteiger partial charge in [0, 0.05) is 12.6 Å². The van der Waals surface area contributed by atoms with E-state index in [0.29, 0.717) is 0 Å². The molecule has 0 bridgehead atoms. The van der Waals surface area contributed by atoms with Gasteiger partial charge in [0.05, 0.1) is 22.8 Å². The molecule has 0 aliphatic carbocycles. The molecule has 0 aliphatic rings. The van der Waals surface area contributed by atoms with Crippen molar-refractivity contribution in [3.63, 3.8) is 0 Å². The molecule has 24 heavy (non-hydrogen) atoms. The van der Waals surface area contributed by atoms with Crippen LogP contribution in [0.3, 0.4) is 0 Å². The van der Waals surface area contributed by atoms with Gasteiger partial charge in [0.1, 0.15) is 5.75 Å². The summed E-state index contributed by atoms with van der Waals surface area (Å²) in [5.74, 6) is -0.164. The number of rotatable bonds is 3. The molecule has 0 atom stereocenters. The van der Waals surface area contributed by atoms with E-state index in [1.165, 1.54) is 36.0 Å². The van der Waals surface area contributed by atoms with Crippen molar-refractivity contribution < 1.29 is 26.7 Å². The third-order valence-electron chi connectivity index (χ3n) is 3.37. The predicted molar refractivity (Wildman–Crippen MR) is 75.6 cm³/mol. The van der Waals surface area contributed by atoms with Crippen LogP contribution >= 0.6 is 0 Å². The lowest BCUT2D eigenvalue weighted by molar-refractivity contribution is -0.136. The molecule has 0 aliphatic heterocycles. The summed E-state index contributed by atoms with van der Waals surface area (Å²) in [6, 6.07) is 6.21. The number of aromatic nitrogens is 3. The van der Waals surface area contributed by atoms with Gasteiger partial charge in [-0.2, -0.15) is 27.1 Å². The highest BCUT2D eigenvalue weighted by atomic mass is 19.4. The maximum Gasteiger partial charge on any atom is 0.417 e. The molecule has 2 aromatic heterocycles. The van der Waals surface area contributed by atoms with Crippen LogP contribution in [0.4, 0.5) is 22.0 Å². The Morgan fingerprint density at radius 3 is 2.58 bits per heavy atom. The van der Waals surface area contributed by atoms with E-state index in [2.05, 4.69) is 14.8 Å². The fraction of sp³-hybridized carbons (Fsp3) is 0.200. The van der Waals surface area contributed by atoms with Crippen molar-refractivity contribution in [1.29, 1.82) is 0 Å². The van der Waals surface area contributed by atoms with Crippen LogP contribution in [-0.2, 0) is 13.2 Å². The van der Waals surface area contributed by atoms with Gasteiger partial charge in [0.15, 0.2) is 5.65 Å². The van der Waals surface area contributed by atoms with Crippen LogP contribution in [0, 0.1) is 0 Å². The second-order valence-corrected chi connectivity index (χ2v) is 4.96. The second-order valence-electron chi connectivity index (χ2n) is 4.96.